The van der Waals surface area contributed by atoms with Crippen LogP contribution in [0.25, 0.3) is 0 Å². The average molecular weight is 391 g/mol. The number of allylic oxidation sites excluding steroid dienone is 1. The van der Waals surface area contributed by atoms with Crippen LogP contribution in [0.15, 0.2) is 53.9 Å². The van der Waals surface area contributed by atoms with Crippen molar-refractivity contribution in [2.45, 2.75) is 26.2 Å². The highest BCUT2D eigenvalue weighted by atomic mass is 16.5. The molecule has 0 spiro atoms. The molecule has 6 nitrogen and oxygen atoms in total. The van der Waals surface area contributed by atoms with Crippen LogP contribution in [0.4, 0.5) is 5.69 Å². The summed E-state index contributed by atoms with van der Waals surface area (Å²) in [4.78, 5) is 14.1. The van der Waals surface area contributed by atoms with Crippen LogP contribution in [-0.4, -0.2) is 20.1 Å². The highest BCUT2D eigenvalue weighted by Crippen LogP contribution is 2.43. The van der Waals surface area contributed by atoms with Crippen LogP contribution in [0.5, 0.6) is 11.5 Å². The number of nitrogens with two attached hydrogens (primary N) is 1. The fraction of sp³-hybridized carbons (Fsp3) is 0.304. The number of nitriles is 1. The van der Waals surface area contributed by atoms with Gasteiger partial charge in [0.05, 0.1) is 11.8 Å². The predicted molar refractivity (Wildman–Crippen MR) is 112 cm³/mol. The van der Waals surface area contributed by atoms with Crippen molar-refractivity contribution in [3.05, 3.63) is 65.0 Å². The Kier molecular flexibility index (Phi) is 5.79. The molecule has 29 heavy (non-hydrogen) atoms. The number of fused-ring (bicyclic) bond motifs is 1. The largest absolute Gasteiger partial charge is 0.440 e. The fourth-order valence-electron chi connectivity index (χ4n) is 3.21. The minimum atomic E-state index is -0.401. The van der Waals surface area contributed by atoms with E-state index in [1.807, 2.05) is 63.2 Å². The first-order valence-electron chi connectivity index (χ1n) is 9.56. The summed E-state index contributed by atoms with van der Waals surface area (Å²) < 4.78 is 11.3. The summed E-state index contributed by atoms with van der Waals surface area (Å²) >= 11 is 0. The maximum Gasteiger partial charge on any atom is 0.314 e. The summed E-state index contributed by atoms with van der Waals surface area (Å²) in [6.45, 7) is 3.77. The highest BCUT2D eigenvalue weighted by Gasteiger charge is 2.31. The Bertz CT molecular complexity index is 1000. The lowest BCUT2D eigenvalue weighted by atomic mass is 9.83. The Morgan fingerprint density at radius 3 is 2.72 bits per heavy atom. The van der Waals surface area contributed by atoms with Crippen molar-refractivity contribution in [3.8, 4) is 17.6 Å². The third kappa shape index (κ3) is 4.04. The molecule has 0 bridgehead atoms. The molecule has 3 rings (SSSR count). The summed E-state index contributed by atoms with van der Waals surface area (Å²) in [6, 6.07) is 15.2. The van der Waals surface area contributed by atoms with Gasteiger partial charge in [-0.3, -0.25) is 4.79 Å². The number of ether oxygens (including phenoxy) is 2. The van der Waals surface area contributed by atoms with Gasteiger partial charge in [0, 0.05) is 31.4 Å². The van der Waals surface area contributed by atoms with Crippen molar-refractivity contribution in [1.82, 2.24) is 0 Å². The molecule has 6 heteroatoms. The normalized spacial score (nSPS) is 16.3. The van der Waals surface area contributed by atoms with E-state index < -0.39 is 5.92 Å². The Hall–Kier alpha value is -3.46. The van der Waals surface area contributed by atoms with E-state index in [1.165, 1.54) is 0 Å². The molecule has 0 aliphatic carbocycles. The van der Waals surface area contributed by atoms with Gasteiger partial charge in [0.2, 0.25) is 5.88 Å². The quantitative estimate of drug-likeness (QED) is 0.614. The molecule has 2 unspecified atom stereocenters. The molecule has 0 radical (unpaired) electrons. The molecule has 2 aromatic rings. The maximum absolute atomic E-state index is 12.2. The van der Waals surface area contributed by atoms with Crippen molar-refractivity contribution < 1.29 is 14.3 Å². The minimum absolute atomic E-state index is 0.0860. The van der Waals surface area contributed by atoms with Gasteiger partial charge in [-0.1, -0.05) is 32.0 Å². The Balaban J connectivity index is 2.04. The second kappa shape index (κ2) is 8.27. The fourth-order valence-corrected chi connectivity index (χ4v) is 3.21. The van der Waals surface area contributed by atoms with Crippen molar-refractivity contribution >= 4 is 11.7 Å². The van der Waals surface area contributed by atoms with E-state index in [4.69, 9.17) is 15.2 Å². The molecule has 0 aromatic heterocycles. The van der Waals surface area contributed by atoms with Gasteiger partial charge in [0.25, 0.3) is 0 Å². The van der Waals surface area contributed by atoms with Gasteiger partial charge in [-0.25, -0.2) is 0 Å². The number of carbonyl (C=O) groups is 1. The molecule has 2 atom stereocenters. The Morgan fingerprint density at radius 2 is 2.07 bits per heavy atom. The van der Waals surface area contributed by atoms with Gasteiger partial charge in [0.1, 0.15) is 23.1 Å². The molecule has 1 aliphatic rings. The first-order chi connectivity index (χ1) is 13.8. The van der Waals surface area contributed by atoms with Gasteiger partial charge in [-0.2, -0.15) is 5.26 Å². The third-order valence-corrected chi connectivity index (χ3v) is 5.14. The maximum atomic E-state index is 12.2. The average Bonchev–Trinajstić information content (AvgIpc) is 2.71. The summed E-state index contributed by atoms with van der Waals surface area (Å²) in [5.74, 6) is 0.284. The monoisotopic (exact) mass is 391 g/mol. The van der Waals surface area contributed by atoms with Gasteiger partial charge in [-0.05, 0) is 30.2 Å². The van der Waals surface area contributed by atoms with Crippen LogP contribution in [0.3, 0.4) is 0 Å². The second-order valence-corrected chi connectivity index (χ2v) is 7.34. The van der Waals surface area contributed by atoms with Gasteiger partial charge >= 0.3 is 5.97 Å². The van der Waals surface area contributed by atoms with Crippen molar-refractivity contribution in [2.75, 3.05) is 19.0 Å². The number of hydrogen-bond donors (Lipinski definition) is 1. The molecule has 2 aromatic carbocycles. The van der Waals surface area contributed by atoms with Crippen LogP contribution in [-0.2, 0) is 4.79 Å². The predicted octanol–water partition coefficient (Wildman–Crippen LogP) is 3.92. The molecule has 150 valence electrons. The van der Waals surface area contributed by atoms with E-state index in [2.05, 4.69) is 6.07 Å². The highest BCUT2D eigenvalue weighted by molar-refractivity contribution is 5.74. The van der Waals surface area contributed by atoms with Gasteiger partial charge in [0.15, 0.2) is 0 Å². The van der Waals surface area contributed by atoms with E-state index in [0.717, 1.165) is 16.8 Å². The first kappa shape index (κ1) is 20.3. The molecule has 1 heterocycles. The molecule has 0 saturated carbocycles. The number of carbonyl (C=O) groups excluding carboxylic acids is 1. The smallest absolute Gasteiger partial charge is 0.314 e. The summed E-state index contributed by atoms with van der Waals surface area (Å²) in [7, 11) is 3.88. The number of anilines is 1. The minimum Gasteiger partial charge on any atom is -0.440 e. The number of nitrogens with zero attached hydrogens (tertiary/aromatic N) is 2. The van der Waals surface area contributed by atoms with Crippen molar-refractivity contribution in [3.63, 3.8) is 0 Å². The van der Waals surface area contributed by atoms with E-state index in [0.29, 0.717) is 23.5 Å². The Labute approximate surface area is 171 Å². The van der Waals surface area contributed by atoms with Gasteiger partial charge < -0.3 is 20.1 Å². The lowest BCUT2D eigenvalue weighted by Crippen LogP contribution is -2.22. The van der Waals surface area contributed by atoms with Crippen molar-refractivity contribution in [1.29, 1.82) is 5.26 Å². The van der Waals surface area contributed by atoms with E-state index in [-0.39, 0.29) is 17.8 Å². The lowest BCUT2D eigenvalue weighted by Gasteiger charge is -2.28. The summed E-state index contributed by atoms with van der Waals surface area (Å²) in [6.07, 6.45) is 0.706. The number of benzene rings is 2. The number of esters is 1. The van der Waals surface area contributed by atoms with Crippen LogP contribution >= 0.6 is 0 Å². The van der Waals surface area contributed by atoms with Crippen molar-refractivity contribution in [2.24, 2.45) is 11.7 Å². The molecule has 0 fully saturated rings. The summed E-state index contributed by atoms with van der Waals surface area (Å²) in [5.41, 5.74) is 9.02. The topological polar surface area (TPSA) is 88.6 Å². The molecular formula is C23H25N3O3. The van der Waals surface area contributed by atoms with Gasteiger partial charge in [-0.15, -0.1) is 0 Å². The number of hydrogen-bond acceptors (Lipinski definition) is 6. The summed E-state index contributed by atoms with van der Waals surface area (Å²) in [5, 5.41) is 9.72. The van der Waals surface area contributed by atoms with Crippen LogP contribution < -0.4 is 20.1 Å². The molecule has 0 saturated heterocycles. The van der Waals surface area contributed by atoms with E-state index in [1.54, 1.807) is 12.1 Å². The van der Waals surface area contributed by atoms with E-state index in [9.17, 15) is 10.1 Å². The number of rotatable bonds is 5. The van der Waals surface area contributed by atoms with Crippen LogP contribution in [0, 0.1) is 17.2 Å². The second-order valence-electron chi connectivity index (χ2n) is 7.34. The standard InChI is InChI=1S/C23H25N3O3/c1-5-14(2)23(27)28-17-8-6-7-15(11-17)21-18-10-9-16(26(3)4)12-20(18)29-22(25)19(21)13-24/h6-12,14,21H,5,25H2,1-4H3. The zero-order valence-electron chi connectivity index (χ0n) is 17.1. The molecule has 1 aliphatic heterocycles. The molecular weight excluding hydrogens is 366 g/mol. The van der Waals surface area contributed by atoms with Crippen LogP contribution in [0.1, 0.15) is 37.3 Å². The molecule has 0 amide bonds. The first-order valence-corrected chi connectivity index (χ1v) is 9.56. The Morgan fingerprint density at radius 1 is 1.31 bits per heavy atom. The zero-order valence-corrected chi connectivity index (χ0v) is 17.1. The zero-order chi connectivity index (χ0) is 21.1. The molecule has 2 N–H and O–H groups in total. The van der Waals surface area contributed by atoms with Crippen LogP contribution in [0.2, 0.25) is 0 Å². The SMILES string of the molecule is CCC(C)C(=O)Oc1cccc(C2C(C#N)=C(N)Oc3cc(N(C)C)ccc32)c1. The lowest BCUT2D eigenvalue weighted by molar-refractivity contribution is -0.138. The van der Waals surface area contributed by atoms with E-state index >= 15 is 0 Å². The third-order valence-electron chi connectivity index (χ3n) is 5.14.